The number of carbonyl (C=O) groups is 2. The first-order valence-corrected chi connectivity index (χ1v) is 11.6. The van der Waals surface area contributed by atoms with Gasteiger partial charge in [-0.05, 0) is 42.4 Å². The second-order valence-corrected chi connectivity index (χ2v) is 9.02. The Labute approximate surface area is 187 Å². The highest BCUT2D eigenvalue weighted by molar-refractivity contribution is 7.89. The van der Waals surface area contributed by atoms with E-state index in [-0.39, 0.29) is 29.7 Å². The van der Waals surface area contributed by atoms with Crippen LogP contribution >= 0.6 is 0 Å². The molecule has 1 atom stereocenters. The first kappa shape index (κ1) is 23.2. The van der Waals surface area contributed by atoms with E-state index in [4.69, 9.17) is 0 Å². The molecular formula is C24H25N3O4S. The zero-order valence-electron chi connectivity index (χ0n) is 17.6. The lowest BCUT2D eigenvalue weighted by molar-refractivity contribution is -0.121. The molecule has 3 rings (SSSR count). The maximum atomic E-state index is 12.6. The number of benzene rings is 3. The number of amides is 2. The van der Waals surface area contributed by atoms with E-state index in [2.05, 4.69) is 15.4 Å². The average molecular weight is 452 g/mol. The van der Waals surface area contributed by atoms with Gasteiger partial charge in [0, 0.05) is 12.1 Å². The Morgan fingerprint density at radius 1 is 0.844 bits per heavy atom. The molecule has 0 aliphatic heterocycles. The minimum atomic E-state index is -3.50. The van der Waals surface area contributed by atoms with Crippen molar-refractivity contribution in [2.75, 3.05) is 7.05 Å². The Hall–Kier alpha value is -3.49. The van der Waals surface area contributed by atoms with Crippen LogP contribution in [0.3, 0.4) is 0 Å². The third kappa shape index (κ3) is 6.26. The zero-order chi connectivity index (χ0) is 23.0. The Morgan fingerprint density at radius 3 is 2.03 bits per heavy atom. The van der Waals surface area contributed by atoms with Crippen molar-refractivity contribution in [3.05, 3.63) is 102 Å². The van der Waals surface area contributed by atoms with Gasteiger partial charge in [-0.15, -0.1) is 0 Å². The summed E-state index contributed by atoms with van der Waals surface area (Å²) in [7, 11) is -2.15. The van der Waals surface area contributed by atoms with Gasteiger partial charge in [-0.3, -0.25) is 9.59 Å². The molecular weight excluding hydrogens is 426 g/mol. The van der Waals surface area contributed by atoms with Crippen LogP contribution in [0.25, 0.3) is 0 Å². The molecule has 0 radical (unpaired) electrons. The molecule has 32 heavy (non-hydrogen) atoms. The third-order valence-corrected chi connectivity index (χ3v) is 6.36. The molecule has 1 unspecified atom stereocenters. The minimum Gasteiger partial charge on any atom is -0.352 e. The number of hydrogen-bond acceptors (Lipinski definition) is 4. The highest BCUT2D eigenvalue weighted by atomic mass is 32.2. The molecule has 0 saturated carbocycles. The van der Waals surface area contributed by atoms with E-state index >= 15 is 0 Å². The van der Waals surface area contributed by atoms with Gasteiger partial charge in [0.2, 0.25) is 15.9 Å². The summed E-state index contributed by atoms with van der Waals surface area (Å²) in [5.74, 6) is -0.493. The molecule has 3 aromatic rings. The van der Waals surface area contributed by atoms with Crippen molar-refractivity contribution >= 4 is 21.8 Å². The fourth-order valence-corrected chi connectivity index (χ4v) is 3.86. The predicted octanol–water partition coefficient (Wildman–Crippen LogP) is 2.77. The smallest absolute Gasteiger partial charge is 0.251 e. The predicted molar refractivity (Wildman–Crippen MR) is 122 cm³/mol. The van der Waals surface area contributed by atoms with Crippen LogP contribution < -0.4 is 15.4 Å². The van der Waals surface area contributed by atoms with E-state index in [1.54, 1.807) is 36.4 Å². The first-order valence-electron chi connectivity index (χ1n) is 10.1. The molecule has 3 aromatic carbocycles. The fourth-order valence-electron chi connectivity index (χ4n) is 3.13. The summed E-state index contributed by atoms with van der Waals surface area (Å²) in [6, 6.07) is 23.9. The van der Waals surface area contributed by atoms with Gasteiger partial charge in [0.1, 0.15) is 0 Å². The lowest BCUT2D eigenvalue weighted by Crippen LogP contribution is -2.33. The Bertz CT molecular complexity index is 1150. The lowest BCUT2D eigenvalue weighted by Gasteiger charge is -2.19. The maximum absolute atomic E-state index is 12.6. The monoisotopic (exact) mass is 451 g/mol. The number of hydrogen-bond donors (Lipinski definition) is 3. The summed E-state index contributed by atoms with van der Waals surface area (Å²) in [6.07, 6.45) is 0.0643. The van der Waals surface area contributed by atoms with Gasteiger partial charge in [0.25, 0.3) is 5.91 Å². The van der Waals surface area contributed by atoms with Gasteiger partial charge in [-0.25, -0.2) is 13.1 Å². The SMILES string of the molecule is CNS(=O)(=O)c1ccc(CNC(=O)CC(NC(=O)c2ccccc2)c2ccccc2)cc1. The molecule has 166 valence electrons. The van der Waals surface area contributed by atoms with Crippen molar-refractivity contribution < 1.29 is 18.0 Å². The fraction of sp³-hybridized carbons (Fsp3) is 0.167. The van der Waals surface area contributed by atoms with E-state index in [9.17, 15) is 18.0 Å². The lowest BCUT2D eigenvalue weighted by atomic mass is 10.0. The number of rotatable bonds is 9. The number of carbonyl (C=O) groups excluding carboxylic acids is 2. The highest BCUT2D eigenvalue weighted by Gasteiger charge is 2.19. The molecule has 0 heterocycles. The average Bonchev–Trinajstić information content (AvgIpc) is 2.83. The summed E-state index contributed by atoms with van der Waals surface area (Å²) in [5, 5.41) is 5.76. The second kappa shape index (κ2) is 10.7. The van der Waals surface area contributed by atoms with Crippen LogP contribution in [0.15, 0.2) is 89.8 Å². The van der Waals surface area contributed by atoms with Crippen molar-refractivity contribution in [2.45, 2.75) is 23.9 Å². The molecule has 0 spiro atoms. The van der Waals surface area contributed by atoms with E-state index in [0.29, 0.717) is 5.56 Å². The molecule has 2 amide bonds. The standard InChI is InChI=1S/C24H25N3O4S/c1-25-32(30,31)21-14-12-18(13-15-21)17-26-23(28)16-22(19-8-4-2-5-9-19)27-24(29)20-10-6-3-7-11-20/h2-15,22,25H,16-17H2,1H3,(H,26,28)(H,27,29). The molecule has 3 N–H and O–H groups in total. The topological polar surface area (TPSA) is 104 Å². The van der Waals surface area contributed by atoms with Crippen LogP contribution in [0, 0.1) is 0 Å². The minimum absolute atomic E-state index is 0.0643. The van der Waals surface area contributed by atoms with Gasteiger partial charge < -0.3 is 10.6 Å². The van der Waals surface area contributed by atoms with Crippen molar-refractivity contribution in [2.24, 2.45) is 0 Å². The van der Waals surface area contributed by atoms with Crippen LogP contribution in [-0.2, 0) is 21.4 Å². The zero-order valence-corrected chi connectivity index (χ0v) is 18.4. The van der Waals surface area contributed by atoms with Crippen molar-refractivity contribution in [3.63, 3.8) is 0 Å². The van der Waals surface area contributed by atoms with Gasteiger partial charge in [0.05, 0.1) is 17.4 Å². The second-order valence-electron chi connectivity index (χ2n) is 7.14. The molecule has 0 saturated heterocycles. The van der Waals surface area contributed by atoms with Crippen molar-refractivity contribution in [3.8, 4) is 0 Å². The van der Waals surface area contributed by atoms with Crippen molar-refractivity contribution in [1.82, 2.24) is 15.4 Å². The van der Waals surface area contributed by atoms with Crippen LogP contribution in [0.2, 0.25) is 0 Å². The third-order valence-electron chi connectivity index (χ3n) is 4.92. The van der Waals surface area contributed by atoms with Gasteiger partial charge >= 0.3 is 0 Å². The summed E-state index contributed by atoms with van der Waals surface area (Å²) >= 11 is 0. The van der Waals surface area contributed by atoms with E-state index in [1.807, 2.05) is 36.4 Å². The molecule has 0 bridgehead atoms. The summed E-state index contributed by atoms with van der Waals surface area (Å²) < 4.78 is 25.9. The highest BCUT2D eigenvalue weighted by Crippen LogP contribution is 2.18. The van der Waals surface area contributed by atoms with Gasteiger partial charge in [-0.2, -0.15) is 0 Å². The van der Waals surface area contributed by atoms with E-state index in [1.165, 1.54) is 19.2 Å². The normalized spacial score (nSPS) is 12.0. The Kier molecular flexibility index (Phi) is 7.75. The molecule has 7 nitrogen and oxygen atoms in total. The van der Waals surface area contributed by atoms with Gasteiger partial charge in [-0.1, -0.05) is 60.7 Å². The van der Waals surface area contributed by atoms with E-state index in [0.717, 1.165) is 11.1 Å². The van der Waals surface area contributed by atoms with Crippen LogP contribution in [0.1, 0.15) is 33.9 Å². The van der Waals surface area contributed by atoms with E-state index < -0.39 is 16.1 Å². The van der Waals surface area contributed by atoms with Crippen LogP contribution in [-0.4, -0.2) is 27.3 Å². The summed E-state index contributed by atoms with van der Waals surface area (Å²) in [4.78, 5) is 25.4. The Morgan fingerprint density at radius 2 is 1.44 bits per heavy atom. The Balaban J connectivity index is 1.64. The van der Waals surface area contributed by atoms with Crippen molar-refractivity contribution in [1.29, 1.82) is 0 Å². The first-order chi connectivity index (χ1) is 15.4. The molecule has 0 aliphatic rings. The molecule has 0 aromatic heterocycles. The molecule has 8 heteroatoms. The molecule has 0 fully saturated rings. The van der Waals surface area contributed by atoms with Gasteiger partial charge in [0.15, 0.2) is 0 Å². The maximum Gasteiger partial charge on any atom is 0.251 e. The number of sulfonamides is 1. The molecule has 0 aliphatic carbocycles. The summed E-state index contributed by atoms with van der Waals surface area (Å²) in [5.41, 5.74) is 2.11. The quantitative estimate of drug-likeness (QED) is 0.465. The van der Waals surface area contributed by atoms with Crippen LogP contribution in [0.4, 0.5) is 0 Å². The number of nitrogens with one attached hydrogen (secondary N) is 3. The summed E-state index contributed by atoms with van der Waals surface area (Å²) in [6.45, 7) is 0.243. The van der Waals surface area contributed by atoms with Crippen LogP contribution in [0.5, 0.6) is 0 Å². The largest absolute Gasteiger partial charge is 0.352 e.